The number of hydrogen-bond donors (Lipinski definition) is 2. The van der Waals surface area contributed by atoms with Crippen molar-refractivity contribution in [3.8, 4) is 0 Å². The molecule has 1 amide bonds. The molecule has 2 aromatic carbocycles. The van der Waals surface area contributed by atoms with Gasteiger partial charge in [-0.3, -0.25) is 15.1 Å². The van der Waals surface area contributed by atoms with Crippen LogP contribution in [0.5, 0.6) is 0 Å². The molecule has 0 fully saturated rings. The molecule has 2 atom stereocenters. The Morgan fingerprint density at radius 3 is 2.35 bits per heavy atom. The van der Waals surface area contributed by atoms with E-state index in [0.29, 0.717) is 30.5 Å². The Balaban J connectivity index is 1.88. The minimum absolute atomic E-state index is 0.200. The van der Waals surface area contributed by atoms with Crippen molar-refractivity contribution in [3.63, 3.8) is 0 Å². The first kappa shape index (κ1) is 25.4. The molecule has 4 nitrogen and oxygen atoms in total. The molecule has 1 aromatic heterocycles. The third-order valence-electron chi connectivity index (χ3n) is 5.54. The average molecular weight is 474 g/mol. The summed E-state index contributed by atoms with van der Waals surface area (Å²) in [6.07, 6.45) is -2.41. The van der Waals surface area contributed by atoms with E-state index in [2.05, 4.69) is 15.6 Å². The van der Waals surface area contributed by atoms with Gasteiger partial charge in [0.05, 0.1) is 0 Å². The largest absolute Gasteiger partial charge is 0.433 e. The van der Waals surface area contributed by atoms with Crippen molar-refractivity contribution in [3.05, 3.63) is 101 Å². The van der Waals surface area contributed by atoms with Crippen LogP contribution < -0.4 is 10.6 Å². The Labute approximate surface area is 196 Å². The molecule has 8 heteroatoms. The van der Waals surface area contributed by atoms with Gasteiger partial charge in [-0.25, -0.2) is 4.39 Å². The number of halogens is 4. The number of amides is 1. The summed E-state index contributed by atoms with van der Waals surface area (Å²) in [4.78, 5) is 16.4. The van der Waals surface area contributed by atoms with Gasteiger partial charge in [-0.2, -0.15) is 13.2 Å². The van der Waals surface area contributed by atoms with Gasteiger partial charge in [-0.05, 0) is 61.1 Å². The lowest BCUT2D eigenvalue weighted by Crippen LogP contribution is -2.39. The molecule has 0 saturated carbocycles. The zero-order valence-corrected chi connectivity index (χ0v) is 19.0. The SMILES string of the molecule is CCNC(=O)[C@H](NC(CCc1ccc(C(F)(F)F)nc1)c1ccc(F)c(C)c1)c1ccccc1. The molecule has 0 bridgehead atoms. The van der Waals surface area contributed by atoms with Crippen molar-refractivity contribution >= 4 is 5.91 Å². The highest BCUT2D eigenvalue weighted by atomic mass is 19.4. The summed E-state index contributed by atoms with van der Waals surface area (Å²) in [5, 5.41) is 6.23. The van der Waals surface area contributed by atoms with E-state index in [1.54, 1.807) is 19.1 Å². The predicted molar refractivity (Wildman–Crippen MR) is 122 cm³/mol. The van der Waals surface area contributed by atoms with Gasteiger partial charge < -0.3 is 5.32 Å². The van der Waals surface area contributed by atoms with E-state index in [0.717, 1.165) is 17.2 Å². The number of alkyl halides is 3. The number of aryl methyl sites for hydroxylation is 2. The smallest absolute Gasteiger partial charge is 0.355 e. The lowest BCUT2D eigenvalue weighted by Gasteiger charge is -2.26. The van der Waals surface area contributed by atoms with Gasteiger partial charge in [0.1, 0.15) is 17.6 Å². The predicted octanol–water partition coefficient (Wildman–Crippen LogP) is 5.69. The number of likely N-dealkylation sites (N-methyl/N-ethyl adjacent to an activating group) is 1. The van der Waals surface area contributed by atoms with Crippen LogP contribution in [0.15, 0.2) is 66.9 Å². The van der Waals surface area contributed by atoms with Crippen molar-refractivity contribution in [1.29, 1.82) is 0 Å². The number of benzene rings is 2. The molecular weight excluding hydrogens is 446 g/mol. The van der Waals surface area contributed by atoms with Crippen molar-refractivity contribution in [2.24, 2.45) is 0 Å². The number of nitrogens with zero attached hydrogens (tertiary/aromatic N) is 1. The molecule has 1 unspecified atom stereocenters. The number of carbonyl (C=O) groups excluding carboxylic acids is 1. The first-order valence-electron chi connectivity index (χ1n) is 11.1. The van der Waals surface area contributed by atoms with E-state index < -0.39 is 17.9 Å². The molecule has 3 rings (SSSR count). The maximum atomic E-state index is 13.9. The maximum Gasteiger partial charge on any atom is 0.433 e. The Kier molecular flexibility index (Phi) is 8.39. The summed E-state index contributed by atoms with van der Waals surface area (Å²) in [6.45, 7) is 3.95. The summed E-state index contributed by atoms with van der Waals surface area (Å²) < 4.78 is 52.4. The van der Waals surface area contributed by atoms with E-state index in [4.69, 9.17) is 0 Å². The molecule has 3 aromatic rings. The summed E-state index contributed by atoms with van der Waals surface area (Å²) in [5.41, 5.74) is 1.71. The highest BCUT2D eigenvalue weighted by molar-refractivity contribution is 5.83. The van der Waals surface area contributed by atoms with Crippen LogP contribution in [-0.4, -0.2) is 17.4 Å². The quantitative estimate of drug-likeness (QED) is 0.393. The van der Waals surface area contributed by atoms with Gasteiger partial charge in [0.2, 0.25) is 5.91 Å². The fraction of sp³-hybridized carbons (Fsp3) is 0.308. The van der Waals surface area contributed by atoms with E-state index >= 15 is 0 Å². The topological polar surface area (TPSA) is 54.0 Å². The van der Waals surface area contributed by atoms with Gasteiger partial charge in [0.25, 0.3) is 0 Å². The van der Waals surface area contributed by atoms with Crippen LogP contribution in [0.25, 0.3) is 0 Å². The van der Waals surface area contributed by atoms with E-state index in [-0.39, 0.29) is 17.8 Å². The number of pyridine rings is 1. The zero-order chi connectivity index (χ0) is 24.7. The second kappa shape index (κ2) is 11.2. The molecule has 0 aliphatic rings. The van der Waals surface area contributed by atoms with Crippen molar-refractivity contribution in [1.82, 2.24) is 15.6 Å². The van der Waals surface area contributed by atoms with Gasteiger partial charge >= 0.3 is 6.18 Å². The highest BCUT2D eigenvalue weighted by Crippen LogP contribution is 2.29. The summed E-state index contributed by atoms with van der Waals surface area (Å²) in [7, 11) is 0. The van der Waals surface area contributed by atoms with Crippen LogP contribution in [0.2, 0.25) is 0 Å². The number of carbonyl (C=O) groups is 1. The minimum atomic E-state index is -4.50. The van der Waals surface area contributed by atoms with Crippen molar-refractivity contribution in [2.45, 2.75) is 44.9 Å². The normalized spacial score (nSPS) is 13.4. The molecular formula is C26H27F4N3O. The Morgan fingerprint density at radius 2 is 1.76 bits per heavy atom. The first-order chi connectivity index (χ1) is 16.2. The van der Waals surface area contributed by atoms with Crippen LogP contribution in [0.1, 0.15) is 53.4 Å². The van der Waals surface area contributed by atoms with E-state index in [1.807, 2.05) is 37.3 Å². The lowest BCUT2D eigenvalue weighted by molar-refractivity contribution is -0.141. The molecule has 0 saturated heterocycles. The van der Waals surface area contributed by atoms with Gasteiger partial charge in [0, 0.05) is 18.8 Å². The summed E-state index contributed by atoms with van der Waals surface area (Å²) >= 11 is 0. The fourth-order valence-corrected chi connectivity index (χ4v) is 3.73. The molecule has 180 valence electrons. The Hall–Kier alpha value is -3.26. The third kappa shape index (κ3) is 6.63. The number of nitrogens with one attached hydrogen (secondary N) is 2. The van der Waals surface area contributed by atoms with Gasteiger partial charge in [-0.1, -0.05) is 48.5 Å². The summed E-state index contributed by atoms with van der Waals surface area (Å²) in [6, 6.07) is 15.3. The molecule has 0 aliphatic heterocycles. The molecule has 2 N–H and O–H groups in total. The maximum absolute atomic E-state index is 13.9. The fourth-order valence-electron chi connectivity index (χ4n) is 3.73. The Bertz CT molecular complexity index is 1090. The number of rotatable bonds is 9. The zero-order valence-electron chi connectivity index (χ0n) is 19.0. The van der Waals surface area contributed by atoms with Crippen LogP contribution in [0, 0.1) is 12.7 Å². The standard InChI is InChI=1S/C26H27F4N3O/c1-3-31-25(34)24(19-7-5-4-6-8-19)33-22(20-11-12-21(27)17(2)15-20)13-9-18-10-14-23(32-16-18)26(28,29)30/h4-8,10-12,14-16,22,24,33H,3,9,13H2,1-2H3,(H,31,34)/t22?,24-/m1/s1. The minimum Gasteiger partial charge on any atom is -0.355 e. The van der Waals surface area contributed by atoms with Gasteiger partial charge in [-0.15, -0.1) is 0 Å². The average Bonchev–Trinajstić information content (AvgIpc) is 2.81. The number of hydrogen-bond acceptors (Lipinski definition) is 3. The van der Waals surface area contributed by atoms with E-state index in [1.165, 1.54) is 18.3 Å². The molecule has 0 spiro atoms. The lowest BCUT2D eigenvalue weighted by atomic mass is 9.95. The van der Waals surface area contributed by atoms with Crippen molar-refractivity contribution in [2.75, 3.05) is 6.54 Å². The third-order valence-corrected chi connectivity index (χ3v) is 5.54. The van der Waals surface area contributed by atoms with E-state index in [9.17, 15) is 22.4 Å². The van der Waals surface area contributed by atoms with Crippen molar-refractivity contribution < 1.29 is 22.4 Å². The second-order valence-corrected chi connectivity index (χ2v) is 8.05. The molecule has 1 heterocycles. The highest BCUT2D eigenvalue weighted by Gasteiger charge is 2.32. The van der Waals surface area contributed by atoms with Crippen LogP contribution in [0.4, 0.5) is 17.6 Å². The first-order valence-corrected chi connectivity index (χ1v) is 11.1. The number of aromatic nitrogens is 1. The van der Waals surface area contributed by atoms with Crippen LogP contribution in [0.3, 0.4) is 0 Å². The monoisotopic (exact) mass is 473 g/mol. The van der Waals surface area contributed by atoms with Crippen LogP contribution >= 0.6 is 0 Å². The molecule has 0 radical (unpaired) electrons. The second-order valence-electron chi connectivity index (χ2n) is 8.05. The summed E-state index contributed by atoms with van der Waals surface area (Å²) in [5.74, 6) is -0.536. The molecule has 34 heavy (non-hydrogen) atoms. The van der Waals surface area contributed by atoms with Crippen LogP contribution in [-0.2, 0) is 17.4 Å². The Morgan fingerprint density at radius 1 is 1.03 bits per heavy atom. The van der Waals surface area contributed by atoms with Gasteiger partial charge in [0.15, 0.2) is 0 Å². The molecule has 0 aliphatic carbocycles.